The fraction of sp³-hybridized carbons (Fsp3) is 0.118. The third-order valence-corrected chi connectivity index (χ3v) is 3.23. The summed E-state index contributed by atoms with van der Waals surface area (Å²) in [6, 6.07) is 10.8. The molecule has 5 heteroatoms. The molecule has 0 radical (unpaired) electrons. The van der Waals surface area contributed by atoms with Gasteiger partial charge in [0.15, 0.2) is 0 Å². The lowest BCUT2D eigenvalue weighted by atomic mass is 10.1. The standard InChI is InChI=1S/C17H13FO4/c1-20-13-5-6-15-11(10-21-16(15)9-13)7-17(19)22-14-4-2-3-12(18)8-14/h2-6,8-10H,7H2,1H3. The van der Waals surface area contributed by atoms with Gasteiger partial charge in [0.05, 0.1) is 19.8 Å². The predicted octanol–water partition coefficient (Wildman–Crippen LogP) is 3.73. The molecule has 4 nitrogen and oxygen atoms in total. The molecule has 0 N–H and O–H groups in total. The van der Waals surface area contributed by atoms with E-state index in [2.05, 4.69) is 0 Å². The van der Waals surface area contributed by atoms with Crippen molar-refractivity contribution in [2.45, 2.75) is 6.42 Å². The third kappa shape index (κ3) is 2.93. The number of benzene rings is 2. The van der Waals surface area contributed by atoms with Crippen LogP contribution in [0, 0.1) is 5.82 Å². The Labute approximate surface area is 126 Å². The number of rotatable bonds is 4. The molecular weight excluding hydrogens is 287 g/mol. The first-order chi connectivity index (χ1) is 10.7. The molecule has 0 aliphatic rings. The van der Waals surface area contributed by atoms with Crippen molar-refractivity contribution in [2.24, 2.45) is 0 Å². The summed E-state index contributed by atoms with van der Waals surface area (Å²) >= 11 is 0. The maximum Gasteiger partial charge on any atom is 0.315 e. The number of hydrogen-bond acceptors (Lipinski definition) is 4. The topological polar surface area (TPSA) is 48.7 Å². The molecule has 0 fully saturated rings. The predicted molar refractivity (Wildman–Crippen MR) is 78.5 cm³/mol. The molecule has 0 bridgehead atoms. The first kappa shape index (κ1) is 14.1. The van der Waals surface area contributed by atoms with Gasteiger partial charge in [-0.15, -0.1) is 0 Å². The summed E-state index contributed by atoms with van der Waals surface area (Å²) in [5.74, 6) is -0.0783. The van der Waals surface area contributed by atoms with Crippen molar-refractivity contribution in [2.75, 3.05) is 7.11 Å². The average Bonchev–Trinajstić information content (AvgIpc) is 2.89. The Balaban J connectivity index is 1.76. The second-order valence-electron chi connectivity index (χ2n) is 4.73. The first-order valence-electron chi connectivity index (χ1n) is 6.66. The molecule has 0 saturated heterocycles. The van der Waals surface area contributed by atoms with Crippen molar-refractivity contribution in [1.29, 1.82) is 0 Å². The van der Waals surface area contributed by atoms with Gasteiger partial charge in [-0.2, -0.15) is 0 Å². The van der Waals surface area contributed by atoms with E-state index in [-0.39, 0.29) is 12.2 Å². The van der Waals surface area contributed by atoms with Gasteiger partial charge in [-0.3, -0.25) is 4.79 Å². The summed E-state index contributed by atoms with van der Waals surface area (Å²) in [5, 5.41) is 0.817. The lowest BCUT2D eigenvalue weighted by molar-refractivity contribution is -0.133. The normalized spacial score (nSPS) is 10.6. The molecule has 0 aliphatic heterocycles. The molecule has 22 heavy (non-hydrogen) atoms. The molecule has 1 heterocycles. The van der Waals surface area contributed by atoms with Gasteiger partial charge >= 0.3 is 5.97 Å². The van der Waals surface area contributed by atoms with Gasteiger partial charge in [0.2, 0.25) is 0 Å². The molecule has 0 unspecified atom stereocenters. The Hall–Kier alpha value is -2.82. The summed E-state index contributed by atoms with van der Waals surface area (Å²) < 4.78 is 28.7. The molecule has 0 amide bonds. The van der Waals surface area contributed by atoms with E-state index in [1.165, 1.54) is 24.5 Å². The zero-order chi connectivity index (χ0) is 15.5. The highest BCUT2D eigenvalue weighted by molar-refractivity contribution is 5.87. The van der Waals surface area contributed by atoms with Gasteiger partial charge in [-0.25, -0.2) is 4.39 Å². The Morgan fingerprint density at radius 1 is 1.18 bits per heavy atom. The summed E-state index contributed by atoms with van der Waals surface area (Å²) in [6.07, 6.45) is 1.55. The maximum atomic E-state index is 13.1. The van der Waals surface area contributed by atoms with Crippen LogP contribution in [-0.2, 0) is 11.2 Å². The van der Waals surface area contributed by atoms with Crippen molar-refractivity contribution in [3.63, 3.8) is 0 Å². The summed E-state index contributed by atoms with van der Waals surface area (Å²) in [5.41, 5.74) is 1.34. The van der Waals surface area contributed by atoms with Crippen molar-refractivity contribution >= 4 is 16.9 Å². The smallest absolute Gasteiger partial charge is 0.315 e. The average molecular weight is 300 g/mol. The van der Waals surface area contributed by atoms with Crippen LogP contribution in [0.15, 0.2) is 53.1 Å². The molecule has 0 aliphatic carbocycles. The largest absolute Gasteiger partial charge is 0.497 e. The van der Waals surface area contributed by atoms with E-state index in [0.29, 0.717) is 16.9 Å². The van der Waals surface area contributed by atoms with Crippen LogP contribution in [-0.4, -0.2) is 13.1 Å². The van der Waals surface area contributed by atoms with E-state index in [9.17, 15) is 9.18 Å². The van der Waals surface area contributed by atoms with E-state index < -0.39 is 11.8 Å². The highest BCUT2D eigenvalue weighted by Crippen LogP contribution is 2.26. The van der Waals surface area contributed by atoms with Gasteiger partial charge in [-0.1, -0.05) is 6.07 Å². The number of furan rings is 1. The van der Waals surface area contributed by atoms with Crippen LogP contribution in [0.3, 0.4) is 0 Å². The number of halogens is 1. The van der Waals surface area contributed by atoms with E-state index >= 15 is 0 Å². The van der Waals surface area contributed by atoms with Crippen molar-refractivity contribution in [1.82, 2.24) is 0 Å². The van der Waals surface area contributed by atoms with Crippen LogP contribution >= 0.6 is 0 Å². The Kier molecular flexibility index (Phi) is 3.78. The van der Waals surface area contributed by atoms with Crippen molar-refractivity contribution in [3.8, 4) is 11.5 Å². The third-order valence-electron chi connectivity index (χ3n) is 3.23. The lowest BCUT2D eigenvalue weighted by Crippen LogP contribution is -2.11. The molecule has 3 rings (SSSR count). The summed E-state index contributed by atoms with van der Waals surface area (Å²) in [4.78, 5) is 11.9. The maximum absolute atomic E-state index is 13.1. The van der Waals surface area contributed by atoms with Crippen LogP contribution in [0.2, 0.25) is 0 Å². The minimum atomic E-state index is -0.482. The van der Waals surface area contributed by atoms with E-state index in [0.717, 1.165) is 11.5 Å². The fourth-order valence-corrected chi connectivity index (χ4v) is 2.18. The zero-order valence-electron chi connectivity index (χ0n) is 11.8. The van der Waals surface area contributed by atoms with E-state index in [4.69, 9.17) is 13.9 Å². The zero-order valence-corrected chi connectivity index (χ0v) is 11.8. The molecular formula is C17H13FO4. The number of methoxy groups -OCH3 is 1. The van der Waals surface area contributed by atoms with Crippen LogP contribution in [0.5, 0.6) is 11.5 Å². The lowest BCUT2D eigenvalue weighted by Gasteiger charge is -2.03. The summed E-state index contributed by atoms with van der Waals surface area (Å²) in [6.45, 7) is 0. The number of hydrogen-bond donors (Lipinski definition) is 0. The first-order valence-corrected chi connectivity index (χ1v) is 6.66. The van der Waals surface area contributed by atoms with Gasteiger partial charge in [0, 0.05) is 23.1 Å². The number of ether oxygens (including phenoxy) is 2. The quantitative estimate of drug-likeness (QED) is 0.544. The molecule has 3 aromatic rings. The molecule has 1 aromatic heterocycles. The number of carbonyl (C=O) groups excluding carboxylic acids is 1. The SMILES string of the molecule is COc1ccc2c(CC(=O)Oc3cccc(F)c3)coc2c1. The fourth-order valence-electron chi connectivity index (χ4n) is 2.18. The van der Waals surface area contributed by atoms with Crippen LogP contribution in [0.1, 0.15) is 5.56 Å². The molecule has 2 aromatic carbocycles. The van der Waals surface area contributed by atoms with Gasteiger partial charge < -0.3 is 13.9 Å². The van der Waals surface area contributed by atoms with Crippen LogP contribution < -0.4 is 9.47 Å². The number of carbonyl (C=O) groups is 1. The Morgan fingerprint density at radius 2 is 2.05 bits per heavy atom. The minimum absolute atomic E-state index is 0.0375. The second-order valence-corrected chi connectivity index (χ2v) is 4.73. The van der Waals surface area contributed by atoms with Crippen LogP contribution in [0.4, 0.5) is 4.39 Å². The van der Waals surface area contributed by atoms with E-state index in [1.807, 2.05) is 6.07 Å². The van der Waals surface area contributed by atoms with Gasteiger partial charge in [0.1, 0.15) is 22.9 Å². The highest BCUT2D eigenvalue weighted by atomic mass is 19.1. The minimum Gasteiger partial charge on any atom is -0.497 e. The second kappa shape index (κ2) is 5.89. The monoisotopic (exact) mass is 300 g/mol. The van der Waals surface area contributed by atoms with Gasteiger partial charge in [-0.05, 0) is 24.3 Å². The molecule has 0 spiro atoms. The van der Waals surface area contributed by atoms with Gasteiger partial charge in [0.25, 0.3) is 0 Å². The Morgan fingerprint density at radius 3 is 2.82 bits per heavy atom. The van der Waals surface area contributed by atoms with Crippen molar-refractivity contribution in [3.05, 3.63) is 60.1 Å². The number of fused-ring (bicyclic) bond motifs is 1. The van der Waals surface area contributed by atoms with Crippen LogP contribution in [0.25, 0.3) is 11.0 Å². The van der Waals surface area contributed by atoms with Crippen molar-refractivity contribution < 1.29 is 23.1 Å². The number of esters is 1. The van der Waals surface area contributed by atoms with E-state index in [1.54, 1.807) is 19.2 Å². The Bertz CT molecular complexity index is 822. The molecule has 0 saturated carbocycles. The molecule has 112 valence electrons. The highest BCUT2D eigenvalue weighted by Gasteiger charge is 2.13. The molecule has 0 atom stereocenters. The summed E-state index contributed by atoms with van der Waals surface area (Å²) in [7, 11) is 1.57.